The topological polar surface area (TPSA) is 64.0 Å². The number of carbonyl (C=O) groups excluding carboxylic acids is 1. The molecule has 1 fully saturated rings. The zero-order valence-electron chi connectivity index (χ0n) is 15.1. The van der Waals surface area contributed by atoms with Gasteiger partial charge in [0.2, 0.25) is 5.91 Å². The summed E-state index contributed by atoms with van der Waals surface area (Å²) < 4.78 is 3.39. The number of benzene rings is 1. The van der Waals surface area contributed by atoms with Crippen LogP contribution in [0.5, 0.6) is 0 Å². The van der Waals surface area contributed by atoms with E-state index in [1.54, 1.807) is 11.3 Å². The van der Waals surface area contributed by atoms with Crippen LogP contribution in [0.15, 0.2) is 29.1 Å². The summed E-state index contributed by atoms with van der Waals surface area (Å²) in [5, 5.41) is 9.27. The summed E-state index contributed by atoms with van der Waals surface area (Å²) >= 11 is 1.59. The van der Waals surface area contributed by atoms with Crippen molar-refractivity contribution in [2.45, 2.75) is 58.0 Å². The molecule has 1 atom stereocenters. The summed E-state index contributed by atoms with van der Waals surface area (Å²) in [6, 6.07) is 7.58. The highest BCUT2D eigenvalue weighted by atomic mass is 32.1. The van der Waals surface area contributed by atoms with Crippen LogP contribution >= 0.6 is 11.3 Å². The van der Waals surface area contributed by atoms with Crippen molar-refractivity contribution in [3.8, 4) is 0 Å². The van der Waals surface area contributed by atoms with Crippen LogP contribution in [0.3, 0.4) is 0 Å². The maximum absolute atomic E-state index is 13.2. The standard InChI is InChI=1S/C20H23N3O2S/c1-3-15(19(24)21-13-8-4-5-9-13)23-20(25)17-14-10-6-7-11-16(14)26-18(17)12(2)22-23/h6-7,10-11,13,15H,3-5,8-9H2,1-2H3,(H,21,24)/t15-/m0/s1. The SMILES string of the molecule is CC[C@@H](C(=O)NC1CCCC1)n1nc(C)c2sc3ccccc3c2c1=O. The lowest BCUT2D eigenvalue weighted by molar-refractivity contribution is -0.125. The molecule has 2 heterocycles. The number of nitrogens with zero attached hydrogens (tertiary/aromatic N) is 2. The third-order valence-corrected chi connectivity index (χ3v) is 6.57. The number of rotatable bonds is 4. The number of hydrogen-bond donors (Lipinski definition) is 1. The number of aryl methyl sites for hydroxylation is 1. The lowest BCUT2D eigenvalue weighted by Crippen LogP contribution is -2.42. The highest BCUT2D eigenvalue weighted by Crippen LogP contribution is 2.33. The van der Waals surface area contributed by atoms with E-state index in [4.69, 9.17) is 0 Å². The molecule has 0 spiro atoms. The van der Waals surface area contributed by atoms with Gasteiger partial charge in [-0.25, -0.2) is 4.68 Å². The van der Waals surface area contributed by atoms with Crippen LogP contribution in [-0.4, -0.2) is 21.7 Å². The maximum atomic E-state index is 13.2. The summed E-state index contributed by atoms with van der Waals surface area (Å²) in [6.45, 7) is 3.84. The Morgan fingerprint density at radius 3 is 2.81 bits per heavy atom. The molecular weight excluding hydrogens is 346 g/mol. The second kappa shape index (κ2) is 6.83. The van der Waals surface area contributed by atoms with E-state index < -0.39 is 6.04 Å². The lowest BCUT2D eigenvalue weighted by atomic mass is 10.1. The molecule has 1 aromatic carbocycles. The van der Waals surface area contributed by atoms with Crippen molar-refractivity contribution < 1.29 is 4.79 Å². The Bertz CT molecular complexity index is 1030. The van der Waals surface area contributed by atoms with E-state index in [9.17, 15) is 9.59 Å². The first kappa shape index (κ1) is 17.2. The molecule has 26 heavy (non-hydrogen) atoms. The Morgan fingerprint density at radius 2 is 2.08 bits per heavy atom. The number of hydrogen-bond acceptors (Lipinski definition) is 4. The zero-order valence-corrected chi connectivity index (χ0v) is 15.9. The molecule has 1 aliphatic carbocycles. The second-order valence-corrected chi connectivity index (χ2v) is 8.10. The van der Waals surface area contributed by atoms with Crippen molar-refractivity contribution in [1.29, 1.82) is 0 Å². The van der Waals surface area contributed by atoms with Gasteiger partial charge in [0, 0.05) is 16.1 Å². The highest BCUT2D eigenvalue weighted by molar-refractivity contribution is 7.26. The monoisotopic (exact) mass is 369 g/mol. The van der Waals surface area contributed by atoms with Gasteiger partial charge in [-0.15, -0.1) is 11.3 Å². The van der Waals surface area contributed by atoms with E-state index >= 15 is 0 Å². The molecule has 136 valence electrons. The third-order valence-electron chi connectivity index (χ3n) is 5.29. The molecule has 1 saturated carbocycles. The van der Waals surface area contributed by atoms with Crippen LogP contribution in [-0.2, 0) is 4.79 Å². The number of thiophene rings is 1. The first-order chi connectivity index (χ1) is 12.6. The van der Waals surface area contributed by atoms with Gasteiger partial charge in [0.25, 0.3) is 5.56 Å². The Morgan fingerprint density at radius 1 is 1.35 bits per heavy atom. The van der Waals surface area contributed by atoms with Gasteiger partial charge in [-0.1, -0.05) is 38.0 Å². The van der Waals surface area contributed by atoms with E-state index in [-0.39, 0.29) is 17.5 Å². The molecule has 4 rings (SSSR count). The van der Waals surface area contributed by atoms with Gasteiger partial charge >= 0.3 is 0 Å². The predicted molar refractivity (Wildman–Crippen MR) is 106 cm³/mol. The average molecular weight is 369 g/mol. The van der Waals surface area contributed by atoms with E-state index in [0.717, 1.165) is 46.2 Å². The molecule has 1 N–H and O–H groups in total. The number of nitrogens with one attached hydrogen (secondary N) is 1. The summed E-state index contributed by atoms with van der Waals surface area (Å²) in [7, 11) is 0. The minimum atomic E-state index is -0.565. The van der Waals surface area contributed by atoms with Crippen LogP contribution in [0.4, 0.5) is 0 Å². The molecule has 5 nitrogen and oxygen atoms in total. The van der Waals surface area contributed by atoms with Crippen LogP contribution in [0, 0.1) is 6.92 Å². The predicted octanol–water partition coefficient (Wildman–Crippen LogP) is 3.93. The molecule has 1 amide bonds. The van der Waals surface area contributed by atoms with Crippen molar-refractivity contribution >= 4 is 37.4 Å². The smallest absolute Gasteiger partial charge is 0.276 e. The van der Waals surface area contributed by atoms with Gasteiger partial charge in [0.1, 0.15) is 6.04 Å². The summed E-state index contributed by atoms with van der Waals surface area (Å²) in [5.74, 6) is -0.0905. The van der Waals surface area contributed by atoms with Gasteiger partial charge in [0.05, 0.1) is 15.8 Å². The Hall–Kier alpha value is -2.21. The summed E-state index contributed by atoms with van der Waals surface area (Å²) in [4.78, 5) is 26.0. The van der Waals surface area contributed by atoms with Crippen molar-refractivity contribution in [3.05, 3.63) is 40.3 Å². The first-order valence-electron chi connectivity index (χ1n) is 9.31. The van der Waals surface area contributed by atoms with Crippen LogP contribution < -0.4 is 10.9 Å². The molecule has 2 aromatic heterocycles. The molecule has 0 radical (unpaired) electrons. The van der Waals surface area contributed by atoms with Gasteiger partial charge in [-0.3, -0.25) is 9.59 Å². The fraction of sp³-hybridized carbons (Fsp3) is 0.450. The van der Waals surface area contributed by atoms with Crippen molar-refractivity contribution in [2.75, 3.05) is 0 Å². The highest BCUT2D eigenvalue weighted by Gasteiger charge is 2.26. The van der Waals surface area contributed by atoms with Crippen LogP contribution in [0.25, 0.3) is 20.2 Å². The van der Waals surface area contributed by atoms with Crippen molar-refractivity contribution in [3.63, 3.8) is 0 Å². The number of fused-ring (bicyclic) bond motifs is 3. The van der Waals surface area contributed by atoms with Crippen LogP contribution in [0.2, 0.25) is 0 Å². The van der Waals surface area contributed by atoms with Crippen LogP contribution in [0.1, 0.15) is 50.8 Å². The second-order valence-electron chi connectivity index (χ2n) is 7.05. The molecule has 3 aromatic rings. The first-order valence-corrected chi connectivity index (χ1v) is 10.1. The molecule has 0 saturated heterocycles. The minimum absolute atomic E-state index is 0.0905. The number of aromatic nitrogens is 2. The molecule has 0 bridgehead atoms. The number of carbonyl (C=O) groups is 1. The summed E-state index contributed by atoms with van der Waals surface area (Å²) in [6.07, 6.45) is 4.91. The lowest BCUT2D eigenvalue weighted by Gasteiger charge is -2.20. The fourth-order valence-electron chi connectivity index (χ4n) is 3.93. The summed E-state index contributed by atoms with van der Waals surface area (Å²) in [5.41, 5.74) is 0.629. The Kier molecular flexibility index (Phi) is 4.53. The van der Waals surface area contributed by atoms with Gasteiger partial charge < -0.3 is 5.32 Å². The maximum Gasteiger partial charge on any atom is 0.276 e. The normalized spacial score (nSPS) is 16.4. The molecular formula is C20H23N3O2S. The minimum Gasteiger partial charge on any atom is -0.352 e. The molecule has 0 aliphatic heterocycles. The van der Waals surface area contributed by atoms with E-state index in [1.807, 2.05) is 38.1 Å². The zero-order chi connectivity index (χ0) is 18.3. The Balaban J connectivity index is 1.81. The van der Waals surface area contributed by atoms with Gasteiger partial charge in [-0.05, 0) is 32.3 Å². The largest absolute Gasteiger partial charge is 0.352 e. The number of amides is 1. The molecule has 1 aliphatic rings. The Labute approximate surface area is 156 Å². The fourth-order valence-corrected chi connectivity index (χ4v) is 5.06. The third kappa shape index (κ3) is 2.82. The quantitative estimate of drug-likeness (QED) is 0.758. The van der Waals surface area contributed by atoms with Crippen molar-refractivity contribution in [2.24, 2.45) is 0 Å². The van der Waals surface area contributed by atoms with Gasteiger partial charge in [0.15, 0.2) is 0 Å². The van der Waals surface area contributed by atoms with E-state index in [0.29, 0.717) is 11.8 Å². The average Bonchev–Trinajstić information content (AvgIpc) is 3.27. The van der Waals surface area contributed by atoms with E-state index in [1.165, 1.54) is 4.68 Å². The van der Waals surface area contributed by atoms with Crippen molar-refractivity contribution in [1.82, 2.24) is 15.1 Å². The van der Waals surface area contributed by atoms with E-state index in [2.05, 4.69) is 10.4 Å². The van der Waals surface area contributed by atoms with Gasteiger partial charge in [-0.2, -0.15) is 5.10 Å². The molecule has 0 unspecified atom stereocenters. The molecule has 6 heteroatoms.